The third kappa shape index (κ3) is 3.72. The van der Waals surface area contributed by atoms with Gasteiger partial charge < -0.3 is 5.73 Å². The molecule has 0 saturated carbocycles. The van der Waals surface area contributed by atoms with Crippen molar-refractivity contribution in [1.82, 2.24) is 4.72 Å². The molecule has 0 radical (unpaired) electrons. The van der Waals surface area contributed by atoms with Gasteiger partial charge in [-0.05, 0) is 48.4 Å². The molecule has 0 unspecified atom stereocenters. The Morgan fingerprint density at radius 3 is 2.60 bits per heavy atom. The molecule has 0 aliphatic rings. The number of hydrogen-bond acceptors (Lipinski definition) is 3. The molecule has 0 bridgehead atoms. The van der Waals surface area contributed by atoms with Crippen LogP contribution in [0.25, 0.3) is 0 Å². The van der Waals surface area contributed by atoms with E-state index in [0.717, 1.165) is 11.1 Å². The first-order chi connectivity index (χ1) is 9.37. The normalized spacial score (nSPS) is 11.5. The molecule has 2 aromatic rings. The quantitative estimate of drug-likeness (QED) is 0.853. The number of rotatable bonds is 4. The van der Waals surface area contributed by atoms with E-state index in [1.54, 1.807) is 43.3 Å². The highest BCUT2D eigenvalue weighted by Crippen LogP contribution is 2.17. The molecule has 6 heteroatoms. The minimum absolute atomic E-state index is 0.164. The van der Waals surface area contributed by atoms with E-state index in [1.165, 1.54) is 6.07 Å². The van der Waals surface area contributed by atoms with Crippen molar-refractivity contribution in [3.05, 3.63) is 58.6 Å². The first-order valence-electron chi connectivity index (χ1n) is 5.98. The van der Waals surface area contributed by atoms with E-state index in [-0.39, 0.29) is 11.4 Å². The van der Waals surface area contributed by atoms with Crippen LogP contribution >= 0.6 is 11.6 Å². The molecule has 2 aromatic carbocycles. The van der Waals surface area contributed by atoms with E-state index in [1.807, 2.05) is 0 Å². The molecule has 0 aliphatic carbocycles. The maximum atomic E-state index is 12.2. The third-order valence-electron chi connectivity index (χ3n) is 2.74. The van der Waals surface area contributed by atoms with Crippen molar-refractivity contribution in [3.8, 4) is 0 Å². The summed E-state index contributed by atoms with van der Waals surface area (Å²) >= 11 is 5.86. The van der Waals surface area contributed by atoms with Crippen LogP contribution in [-0.2, 0) is 16.6 Å². The van der Waals surface area contributed by atoms with Gasteiger partial charge >= 0.3 is 0 Å². The molecular weight excluding hydrogens is 296 g/mol. The Morgan fingerprint density at radius 1 is 1.20 bits per heavy atom. The number of nitrogens with one attached hydrogen (secondary N) is 1. The Balaban J connectivity index is 2.19. The topological polar surface area (TPSA) is 72.2 Å². The van der Waals surface area contributed by atoms with Crippen molar-refractivity contribution in [2.45, 2.75) is 18.4 Å². The van der Waals surface area contributed by atoms with Gasteiger partial charge in [0.05, 0.1) is 4.90 Å². The predicted molar refractivity (Wildman–Crippen MR) is 81.1 cm³/mol. The number of halogens is 1. The Labute approximate surface area is 123 Å². The van der Waals surface area contributed by atoms with Crippen molar-refractivity contribution < 1.29 is 8.42 Å². The highest BCUT2D eigenvalue weighted by Gasteiger charge is 2.14. The Hall–Kier alpha value is -1.56. The first kappa shape index (κ1) is 14.8. The van der Waals surface area contributed by atoms with Gasteiger partial charge in [-0.15, -0.1) is 0 Å². The number of nitrogens with two attached hydrogens (primary N) is 1. The van der Waals surface area contributed by atoms with Crippen LogP contribution in [0.2, 0.25) is 5.02 Å². The second-order valence-electron chi connectivity index (χ2n) is 4.53. The number of benzene rings is 2. The second kappa shape index (κ2) is 5.83. The van der Waals surface area contributed by atoms with Crippen molar-refractivity contribution in [2.75, 3.05) is 5.73 Å². The van der Waals surface area contributed by atoms with Crippen LogP contribution in [0.15, 0.2) is 47.4 Å². The summed E-state index contributed by atoms with van der Waals surface area (Å²) in [4.78, 5) is 0.164. The fourth-order valence-corrected chi connectivity index (χ4v) is 3.21. The Morgan fingerprint density at radius 2 is 1.95 bits per heavy atom. The summed E-state index contributed by atoms with van der Waals surface area (Å²) in [5.41, 5.74) is 7.69. The Kier molecular flexibility index (Phi) is 4.32. The highest BCUT2D eigenvalue weighted by molar-refractivity contribution is 7.89. The van der Waals surface area contributed by atoms with Gasteiger partial charge in [-0.25, -0.2) is 13.1 Å². The van der Waals surface area contributed by atoms with Crippen LogP contribution in [0.4, 0.5) is 5.69 Å². The molecule has 0 amide bonds. The van der Waals surface area contributed by atoms with Crippen molar-refractivity contribution in [3.63, 3.8) is 0 Å². The van der Waals surface area contributed by atoms with Crippen LogP contribution in [0, 0.1) is 6.92 Å². The molecular formula is C14H15ClN2O2S. The van der Waals surface area contributed by atoms with E-state index in [9.17, 15) is 8.42 Å². The molecule has 4 nitrogen and oxygen atoms in total. The second-order valence-corrected chi connectivity index (χ2v) is 6.74. The third-order valence-corrected chi connectivity index (χ3v) is 4.35. The molecule has 106 valence electrons. The van der Waals surface area contributed by atoms with Gasteiger partial charge in [0, 0.05) is 17.3 Å². The lowest BCUT2D eigenvalue weighted by Crippen LogP contribution is -2.23. The number of sulfonamides is 1. The van der Waals surface area contributed by atoms with Gasteiger partial charge in [-0.1, -0.05) is 23.7 Å². The fraction of sp³-hybridized carbons (Fsp3) is 0.143. The Bertz CT molecular complexity index is 709. The largest absolute Gasteiger partial charge is 0.399 e. The maximum Gasteiger partial charge on any atom is 0.240 e. The highest BCUT2D eigenvalue weighted by atomic mass is 35.5. The van der Waals surface area contributed by atoms with Crippen LogP contribution < -0.4 is 10.5 Å². The average Bonchev–Trinajstić information content (AvgIpc) is 2.35. The van der Waals surface area contributed by atoms with E-state index >= 15 is 0 Å². The SMILES string of the molecule is Cc1cc(N)cc(S(=O)(=O)NCc2cccc(Cl)c2)c1. The summed E-state index contributed by atoms with van der Waals surface area (Å²) in [7, 11) is -3.59. The number of aryl methyl sites for hydroxylation is 1. The molecule has 0 fully saturated rings. The summed E-state index contributed by atoms with van der Waals surface area (Å²) < 4.78 is 26.9. The molecule has 0 aliphatic heterocycles. The van der Waals surface area contributed by atoms with E-state index in [2.05, 4.69) is 4.72 Å². The maximum absolute atomic E-state index is 12.2. The van der Waals surface area contributed by atoms with Crippen LogP contribution in [0.3, 0.4) is 0 Å². The number of anilines is 1. The zero-order valence-electron chi connectivity index (χ0n) is 10.9. The molecule has 0 aromatic heterocycles. The number of hydrogen-bond donors (Lipinski definition) is 2. The summed E-state index contributed by atoms with van der Waals surface area (Å²) in [6, 6.07) is 11.8. The molecule has 20 heavy (non-hydrogen) atoms. The standard InChI is InChI=1S/C14H15ClN2O2S/c1-10-5-13(16)8-14(6-10)20(18,19)17-9-11-3-2-4-12(15)7-11/h2-8,17H,9,16H2,1H3. The lowest BCUT2D eigenvalue weighted by Gasteiger charge is -2.09. The fourth-order valence-electron chi connectivity index (χ4n) is 1.84. The minimum atomic E-state index is -3.59. The van der Waals surface area contributed by atoms with Gasteiger partial charge in [0.2, 0.25) is 10.0 Å². The van der Waals surface area contributed by atoms with Crippen molar-refractivity contribution in [2.24, 2.45) is 0 Å². The molecule has 0 atom stereocenters. The minimum Gasteiger partial charge on any atom is -0.399 e. The van der Waals surface area contributed by atoms with Gasteiger partial charge in [0.15, 0.2) is 0 Å². The zero-order valence-corrected chi connectivity index (χ0v) is 12.5. The van der Waals surface area contributed by atoms with Crippen LogP contribution in [0.1, 0.15) is 11.1 Å². The van der Waals surface area contributed by atoms with E-state index in [4.69, 9.17) is 17.3 Å². The molecule has 3 N–H and O–H groups in total. The zero-order chi connectivity index (χ0) is 14.8. The van der Waals surface area contributed by atoms with Gasteiger partial charge in [-0.2, -0.15) is 0 Å². The lowest BCUT2D eigenvalue weighted by molar-refractivity contribution is 0.581. The van der Waals surface area contributed by atoms with E-state index < -0.39 is 10.0 Å². The van der Waals surface area contributed by atoms with Crippen LogP contribution in [0.5, 0.6) is 0 Å². The van der Waals surface area contributed by atoms with Crippen molar-refractivity contribution >= 4 is 27.3 Å². The molecule has 0 saturated heterocycles. The molecule has 0 heterocycles. The lowest BCUT2D eigenvalue weighted by atomic mass is 10.2. The van der Waals surface area contributed by atoms with Crippen molar-refractivity contribution in [1.29, 1.82) is 0 Å². The molecule has 2 rings (SSSR count). The monoisotopic (exact) mass is 310 g/mol. The number of nitrogen functional groups attached to an aromatic ring is 1. The summed E-state index contributed by atoms with van der Waals surface area (Å²) in [5, 5.41) is 0.571. The summed E-state index contributed by atoms with van der Waals surface area (Å²) in [5.74, 6) is 0. The predicted octanol–water partition coefficient (Wildman–Crippen LogP) is 2.71. The van der Waals surface area contributed by atoms with Gasteiger partial charge in [0.1, 0.15) is 0 Å². The van der Waals surface area contributed by atoms with Gasteiger partial charge in [-0.3, -0.25) is 0 Å². The summed E-state index contributed by atoms with van der Waals surface area (Å²) in [6.07, 6.45) is 0. The van der Waals surface area contributed by atoms with Gasteiger partial charge in [0.25, 0.3) is 0 Å². The smallest absolute Gasteiger partial charge is 0.240 e. The molecule has 0 spiro atoms. The first-order valence-corrected chi connectivity index (χ1v) is 7.84. The van der Waals surface area contributed by atoms with E-state index in [0.29, 0.717) is 10.7 Å². The summed E-state index contributed by atoms with van der Waals surface area (Å²) in [6.45, 7) is 1.98. The average molecular weight is 311 g/mol. The van der Waals surface area contributed by atoms with Crippen LogP contribution in [-0.4, -0.2) is 8.42 Å².